The van der Waals surface area contributed by atoms with E-state index in [0.29, 0.717) is 19.7 Å². The summed E-state index contributed by atoms with van der Waals surface area (Å²) >= 11 is 0. The normalized spacial score (nSPS) is 26.6. The molecule has 136 valence electrons. The van der Waals surface area contributed by atoms with Crippen LogP contribution in [0.2, 0.25) is 0 Å². The minimum absolute atomic E-state index is 0.173. The maximum Gasteiger partial charge on any atom is 0.309 e. The molecule has 2 N–H and O–H groups in total. The molecule has 0 aromatic carbocycles. The first-order valence-electron chi connectivity index (χ1n) is 8.85. The molecule has 1 aliphatic carbocycles. The standard InChI is InChI=1S/C16H27N3O5/c20-14(17-5-6-19-7-9-22-10-8-19)15(21)18-11-13-12-23-16(24-13)3-1-2-4-16/h13H,1-12H2,(H,17,20)(H,18,21). The first kappa shape index (κ1) is 17.6. The monoisotopic (exact) mass is 341 g/mol. The number of amides is 2. The van der Waals surface area contributed by atoms with E-state index in [4.69, 9.17) is 14.2 Å². The van der Waals surface area contributed by atoms with Crippen LogP contribution in [0.5, 0.6) is 0 Å². The van der Waals surface area contributed by atoms with E-state index < -0.39 is 17.6 Å². The Morgan fingerprint density at radius 1 is 1.08 bits per heavy atom. The minimum atomic E-state index is -0.618. The van der Waals surface area contributed by atoms with E-state index >= 15 is 0 Å². The molecule has 2 aliphatic heterocycles. The van der Waals surface area contributed by atoms with Gasteiger partial charge in [-0.1, -0.05) is 0 Å². The van der Waals surface area contributed by atoms with E-state index in [-0.39, 0.29) is 6.10 Å². The van der Waals surface area contributed by atoms with Crippen molar-refractivity contribution in [2.24, 2.45) is 0 Å². The van der Waals surface area contributed by atoms with Crippen molar-refractivity contribution in [2.75, 3.05) is 52.5 Å². The van der Waals surface area contributed by atoms with Crippen LogP contribution in [0, 0.1) is 0 Å². The minimum Gasteiger partial charge on any atom is -0.379 e. The molecule has 8 nitrogen and oxygen atoms in total. The third kappa shape index (κ3) is 4.66. The topological polar surface area (TPSA) is 89.1 Å². The molecular weight excluding hydrogens is 314 g/mol. The lowest BCUT2D eigenvalue weighted by molar-refractivity contribution is -0.161. The van der Waals surface area contributed by atoms with Crippen molar-refractivity contribution >= 4 is 11.8 Å². The van der Waals surface area contributed by atoms with Crippen LogP contribution in [0.4, 0.5) is 0 Å². The quantitative estimate of drug-likeness (QED) is 0.639. The molecule has 0 bridgehead atoms. The Morgan fingerprint density at radius 2 is 1.79 bits per heavy atom. The second kappa shape index (κ2) is 8.24. The number of hydrogen-bond donors (Lipinski definition) is 2. The summed E-state index contributed by atoms with van der Waals surface area (Å²) in [6, 6.07) is 0. The second-order valence-electron chi connectivity index (χ2n) is 6.59. The summed E-state index contributed by atoms with van der Waals surface area (Å²) in [5.74, 6) is -1.65. The Kier molecular flexibility index (Phi) is 6.04. The largest absolute Gasteiger partial charge is 0.379 e. The SMILES string of the molecule is O=C(NCCN1CCOCC1)C(=O)NCC1COC2(CCCC2)O1. The molecule has 2 heterocycles. The average molecular weight is 341 g/mol. The van der Waals surface area contributed by atoms with Gasteiger partial charge in [-0.25, -0.2) is 0 Å². The number of carbonyl (C=O) groups is 2. The predicted molar refractivity (Wildman–Crippen MR) is 85.3 cm³/mol. The lowest BCUT2D eigenvalue weighted by Gasteiger charge is -2.26. The number of nitrogens with one attached hydrogen (secondary N) is 2. The van der Waals surface area contributed by atoms with Crippen molar-refractivity contribution in [3.8, 4) is 0 Å². The highest BCUT2D eigenvalue weighted by Crippen LogP contribution is 2.38. The van der Waals surface area contributed by atoms with Gasteiger partial charge in [-0.3, -0.25) is 14.5 Å². The molecule has 1 atom stereocenters. The van der Waals surface area contributed by atoms with E-state index in [1.54, 1.807) is 0 Å². The molecular formula is C16H27N3O5. The fourth-order valence-electron chi connectivity index (χ4n) is 3.41. The zero-order valence-corrected chi connectivity index (χ0v) is 14.1. The van der Waals surface area contributed by atoms with Gasteiger partial charge in [0.05, 0.1) is 19.8 Å². The van der Waals surface area contributed by atoms with Crippen molar-refractivity contribution in [1.29, 1.82) is 0 Å². The van der Waals surface area contributed by atoms with Crippen LogP contribution in [-0.2, 0) is 23.8 Å². The first-order chi connectivity index (χ1) is 11.7. The van der Waals surface area contributed by atoms with Crippen LogP contribution in [0.25, 0.3) is 0 Å². The van der Waals surface area contributed by atoms with Crippen molar-refractivity contribution in [2.45, 2.75) is 37.6 Å². The number of ether oxygens (including phenoxy) is 3. The molecule has 1 spiro atoms. The van der Waals surface area contributed by atoms with Gasteiger partial charge in [0.2, 0.25) is 0 Å². The van der Waals surface area contributed by atoms with Crippen molar-refractivity contribution in [1.82, 2.24) is 15.5 Å². The third-order valence-corrected chi connectivity index (χ3v) is 4.79. The van der Waals surface area contributed by atoms with Crippen LogP contribution >= 0.6 is 0 Å². The fourth-order valence-corrected chi connectivity index (χ4v) is 3.41. The summed E-state index contributed by atoms with van der Waals surface area (Å²) in [5.41, 5.74) is 0. The zero-order chi connectivity index (χ0) is 16.8. The zero-order valence-electron chi connectivity index (χ0n) is 14.1. The van der Waals surface area contributed by atoms with E-state index in [2.05, 4.69) is 15.5 Å². The van der Waals surface area contributed by atoms with Gasteiger partial charge in [0.25, 0.3) is 0 Å². The van der Waals surface area contributed by atoms with Crippen LogP contribution in [-0.4, -0.2) is 81.1 Å². The summed E-state index contributed by atoms with van der Waals surface area (Å²) in [6.07, 6.45) is 3.89. The van der Waals surface area contributed by atoms with Crippen LogP contribution in [0.1, 0.15) is 25.7 Å². The third-order valence-electron chi connectivity index (χ3n) is 4.79. The molecule has 0 aromatic rings. The Morgan fingerprint density at radius 3 is 2.54 bits per heavy atom. The molecule has 3 fully saturated rings. The Bertz CT molecular complexity index is 447. The van der Waals surface area contributed by atoms with Gasteiger partial charge in [-0.15, -0.1) is 0 Å². The summed E-state index contributed by atoms with van der Waals surface area (Å²) in [6.45, 7) is 5.13. The number of morpholine rings is 1. The van der Waals surface area contributed by atoms with E-state index in [9.17, 15) is 9.59 Å². The van der Waals surface area contributed by atoms with Crippen LogP contribution in [0.15, 0.2) is 0 Å². The van der Waals surface area contributed by atoms with Crippen LogP contribution in [0.3, 0.4) is 0 Å². The van der Waals surface area contributed by atoms with E-state index in [1.807, 2.05) is 0 Å². The Hall–Kier alpha value is -1.22. The Balaban J connectivity index is 1.29. The van der Waals surface area contributed by atoms with Gasteiger partial charge in [0, 0.05) is 45.6 Å². The summed E-state index contributed by atoms with van der Waals surface area (Å²) < 4.78 is 16.9. The van der Waals surface area contributed by atoms with Crippen molar-refractivity contribution in [3.63, 3.8) is 0 Å². The molecule has 2 amide bonds. The van der Waals surface area contributed by atoms with Crippen molar-refractivity contribution < 1.29 is 23.8 Å². The summed E-state index contributed by atoms with van der Waals surface area (Å²) in [4.78, 5) is 25.8. The van der Waals surface area contributed by atoms with E-state index in [1.165, 1.54) is 0 Å². The highest BCUT2D eigenvalue weighted by Gasteiger charge is 2.43. The molecule has 1 unspecified atom stereocenters. The number of hydrogen-bond acceptors (Lipinski definition) is 6. The van der Waals surface area contributed by atoms with Gasteiger partial charge in [0.15, 0.2) is 5.79 Å². The fraction of sp³-hybridized carbons (Fsp3) is 0.875. The first-order valence-corrected chi connectivity index (χ1v) is 8.85. The number of carbonyl (C=O) groups excluding carboxylic acids is 2. The predicted octanol–water partition coefficient (Wildman–Crippen LogP) is -0.763. The second-order valence-corrected chi connectivity index (χ2v) is 6.59. The van der Waals surface area contributed by atoms with Gasteiger partial charge in [-0.2, -0.15) is 0 Å². The van der Waals surface area contributed by atoms with Crippen molar-refractivity contribution in [3.05, 3.63) is 0 Å². The molecule has 24 heavy (non-hydrogen) atoms. The Labute approximate surface area is 142 Å². The molecule has 8 heteroatoms. The summed E-state index contributed by atoms with van der Waals surface area (Å²) in [5, 5.41) is 5.28. The smallest absolute Gasteiger partial charge is 0.309 e. The molecule has 3 aliphatic rings. The van der Waals surface area contributed by atoms with Gasteiger partial charge < -0.3 is 24.8 Å². The van der Waals surface area contributed by atoms with Crippen LogP contribution < -0.4 is 10.6 Å². The number of rotatable bonds is 5. The maximum atomic E-state index is 11.8. The average Bonchev–Trinajstić information content (AvgIpc) is 3.23. The van der Waals surface area contributed by atoms with Gasteiger partial charge in [-0.05, 0) is 12.8 Å². The summed E-state index contributed by atoms with van der Waals surface area (Å²) in [7, 11) is 0. The van der Waals surface area contributed by atoms with Gasteiger partial charge >= 0.3 is 11.8 Å². The highest BCUT2D eigenvalue weighted by molar-refractivity contribution is 6.35. The molecule has 0 radical (unpaired) electrons. The maximum absolute atomic E-state index is 11.8. The molecule has 1 saturated carbocycles. The molecule has 0 aromatic heterocycles. The molecule has 2 saturated heterocycles. The number of nitrogens with zero attached hydrogens (tertiary/aromatic N) is 1. The molecule has 3 rings (SSSR count). The van der Waals surface area contributed by atoms with Gasteiger partial charge in [0.1, 0.15) is 6.10 Å². The lowest BCUT2D eigenvalue weighted by Crippen LogP contribution is -2.46. The highest BCUT2D eigenvalue weighted by atomic mass is 16.7. The van der Waals surface area contributed by atoms with E-state index in [0.717, 1.165) is 58.5 Å². The lowest BCUT2D eigenvalue weighted by atomic mass is 10.2.